The second kappa shape index (κ2) is 7.97. The number of rotatable bonds is 4. The number of methoxy groups -OCH3 is 1. The highest BCUT2D eigenvalue weighted by Gasteiger charge is 2.47. The van der Waals surface area contributed by atoms with Crippen LogP contribution in [0.4, 0.5) is 5.69 Å². The van der Waals surface area contributed by atoms with Crippen molar-refractivity contribution in [2.24, 2.45) is 0 Å². The largest absolute Gasteiger partial charge is 0.494 e. The van der Waals surface area contributed by atoms with Crippen molar-refractivity contribution >= 4 is 17.6 Å². The molecule has 166 valence electrons. The van der Waals surface area contributed by atoms with Gasteiger partial charge in [-0.3, -0.25) is 19.4 Å². The molecule has 31 heavy (non-hydrogen) atoms. The topological polar surface area (TPSA) is 88.9 Å². The summed E-state index contributed by atoms with van der Waals surface area (Å²) in [5.74, 6) is 0.270. The van der Waals surface area contributed by atoms with Crippen LogP contribution >= 0.6 is 0 Å². The van der Waals surface area contributed by atoms with E-state index < -0.39 is 17.7 Å². The van der Waals surface area contributed by atoms with Crippen LogP contribution in [-0.4, -0.2) is 70.9 Å². The lowest BCUT2D eigenvalue weighted by Crippen LogP contribution is -2.60. The fourth-order valence-corrected chi connectivity index (χ4v) is 4.05. The van der Waals surface area contributed by atoms with Gasteiger partial charge in [-0.25, -0.2) is 4.98 Å². The Morgan fingerprint density at radius 3 is 2.68 bits per heavy atom. The van der Waals surface area contributed by atoms with Gasteiger partial charge < -0.3 is 19.4 Å². The number of carbonyl (C=O) groups is 2. The summed E-state index contributed by atoms with van der Waals surface area (Å²) in [4.78, 5) is 33.8. The molecule has 1 amide bonds. The molecule has 0 radical (unpaired) electrons. The van der Waals surface area contributed by atoms with Crippen LogP contribution in [0.15, 0.2) is 30.7 Å². The van der Waals surface area contributed by atoms with Crippen LogP contribution in [0.3, 0.4) is 0 Å². The Morgan fingerprint density at radius 2 is 2.03 bits per heavy atom. The van der Waals surface area contributed by atoms with Gasteiger partial charge in [-0.05, 0) is 39.8 Å². The summed E-state index contributed by atoms with van der Waals surface area (Å²) >= 11 is 0. The predicted molar refractivity (Wildman–Crippen MR) is 115 cm³/mol. The Labute approximate surface area is 181 Å². The van der Waals surface area contributed by atoms with E-state index in [4.69, 9.17) is 9.47 Å². The van der Waals surface area contributed by atoms with Gasteiger partial charge >= 0.3 is 5.97 Å². The van der Waals surface area contributed by atoms with Crippen molar-refractivity contribution in [1.82, 2.24) is 19.8 Å². The molecule has 1 aromatic carbocycles. The van der Waals surface area contributed by atoms with Crippen LogP contribution in [0.2, 0.25) is 0 Å². The summed E-state index contributed by atoms with van der Waals surface area (Å²) < 4.78 is 13.1. The molecule has 0 spiro atoms. The number of benzene rings is 1. The molecule has 0 bridgehead atoms. The molecular weight excluding hydrogens is 398 g/mol. The van der Waals surface area contributed by atoms with E-state index in [0.717, 1.165) is 17.1 Å². The Kier molecular flexibility index (Phi) is 5.49. The van der Waals surface area contributed by atoms with Crippen molar-refractivity contribution in [2.45, 2.75) is 45.4 Å². The van der Waals surface area contributed by atoms with E-state index in [-0.39, 0.29) is 11.9 Å². The van der Waals surface area contributed by atoms with Gasteiger partial charge in [0.15, 0.2) is 0 Å². The molecule has 4 rings (SSSR count). The van der Waals surface area contributed by atoms with Crippen LogP contribution in [0, 0.1) is 6.92 Å². The Balaban J connectivity index is 1.59. The smallest absolute Gasteiger partial charge is 0.325 e. The fraction of sp³-hybridized carbons (Fsp3) is 0.500. The van der Waals surface area contributed by atoms with Crippen molar-refractivity contribution in [1.29, 1.82) is 0 Å². The summed E-state index contributed by atoms with van der Waals surface area (Å²) in [7, 11) is 1.60. The number of fused-ring (bicyclic) bond motifs is 1. The second-order valence-electron chi connectivity index (χ2n) is 8.92. The number of nitrogens with zero attached hydrogens (tertiary/aromatic N) is 4. The molecule has 2 aliphatic rings. The third kappa shape index (κ3) is 4.15. The van der Waals surface area contributed by atoms with Gasteiger partial charge in [0.25, 0.3) is 0 Å². The van der Waals surface area contributed by atoms with Crippen molar-refractivity contribution in [3.8, 4) is 11.4 Å². The zero-order chi connectivity index (χ0) is 22.3. The molecule has 2 aromatic rings. The number of aromatic nitrogens is 2. The number of imidazole rings is 1. The third-order valence-corrected chi connectivity index (χ3v) is 5.48. The van der Waals surface area contributed by atoms with Gasteiger partial charge in [-0.2, -0.15) is 0 Å². The molecule has 2 unspecified atom stereocenters. The Hall–Kier alpha value is -2.91. The molecule has 9 nitrogen and oxygen atoms in total. The molecule has 3 heterocycles. The highest BCUT2D eigenvalue weighted by atomic mass is 16.6. The second-order valence-corrected chi connectivity index (χ2v) is 8.92. The minimum absolute atomic E-state index is 0.0472. The maximum Gasteiger partial charge on any atom is 0.325 e. The molecule has 2 atom stereocenters. The van der Waals surface area contributed by atoms with Gasteiger partial charge in [0.2, 0.25) is 5.91 Å². The van der Waals surface area contributed by atoms with E-state index >= 15 is 0 Å². The zero-order valence-electron chi connectivity index (χ0n) is 18.6. The quantitative estimate of drug-likeness (QED) is 0.740. The van der Waals surface area contributed by atoms with Crippen molar-refractivity contribution in [3.63, 3.8) is 0 Å². The lowest BCUT2D eigenvalue weighted by atomic mass is 10.1. The first-order valence-electron chi connectivity index (χ1n) is 10.4. The number of nitrogens with one attached hydrogen (secondary N) is 1. The van der Waals surface area contributed by atoms with E-state index in [1.54, 1.807) is 18.3 Å². The Bertz CT molecular complexity index is 996. The summed E-state index contributed by atoms with van der Waals surface area (Å²) in [6, 6.07) is 4.72. The highest BCUT2D eigenvalue weighted by molar-refractivity contribution is 6.00. The molecular formula is C22H29N5O4. The number of anilines is 1. The number of esters is 1. The molecule has 9 heteroatoms. The molecule has 0 saturated carbocycles. The first-order chi connectivity index (χ1) is 14.7. The van der Waals surface area contributed by atoms with Crippen molar-refractivity contribution in [2.75, 3.05) is 31.8 Å². The van der Waals surface area contributed by atoms with Crippen LogP contribution < -0.4 is 15.0 Å². The van der Waals surface area contributed by atoms with Crippen molar-refractivity contribution < 1.29 is 19.1 Å². The van der Waals surface area contributed by atoms with Crippen LogP contribution in [-0.2, 0) is 14.3 Å². The first-order valence-corrected chi connectivity index (χ1v) is 10.4. The van der Waals surface area contributed by atoms with Crippen molar-refractivity contribution in [3.05, 3.63) is 36.4 Å². The molecule has 1 aromatic heterocycles. The first kappa shape index (κ1) is 21.3. The maximum atomic E-state index is 13.2. The van der Waals surface area contributed by atoms with Gasteiger partial charge in [0.1, 0.15) is 23.4 Å². The van der Waals surface area contributed by atoms with Crippen LogP contribution in [0.1, 0.15) is 26.5 Å². The molecule has 2 fully saturated rings. The summed E-state index contributed by atoms with van der Waals surface area (Å²) in [5, 5.41) is 3.21. The van der Waals surface area contributed by atoms with E-state index in [2.05, 4.69) is 10.3 Å². The summed E-state index contributed by atoms with van der Waals surface area (Å²) in [5.41, 5.74) is 1.88. The SMILES string of the molecule is COc1cc(N2CN3C(C(=O)OC(C)(C)C)CNCC3C2=O)ccc1-n1cnc(C)c1. The van der Waals surface area contributed by atoms with E-state index in [1.807, 2.05) is 61.6 Å². The molecule has 1 N–H and O–H groups in total. The molecule has 0 aliphatic carbocycles. The minimum Gasteiger partial charge on any atom is -0.494 e. The number of carbonyl (C=O) groups excluding carboxylic acids is 2. The Morgan fingerprint density at radius 1 is 1.26 bits per heavy atom. The predicted octanol–water partition coefficient (Wildman–Crippen LogP) is 1.48. The highest BCUT2D eigenvalue weighted by Crippen LogP contribution is 2.33. The van der Waals surface area contributed by atoms with Gasteiger partial charge in [-0.1, -0.05) is 0 Å². The third-order valence-electron chi connectivity index (χ3n) is 5.48. The monoisotopic (exact) mass is 427 g/mol. The van der Waals surface area contributed by atoms with E-state index in [1.165, 1.54) is 0 Å². The zero-order valence-corrected chi connectivity index (χ0v) is 18.6. The van der Waals surface area contributed by atoms with E-state index in [0.29, 0.717) is 25.5 Å². The number of amides is 1. The lowest BCUT2D eigenvalue weighted by Gasteiger charge is -2.35. The molecule has 2 aliphatic heterocycles. The number of ether oxygens (including phenoxy) is 2. The minimum atomic E-state index is -0.581. The molecule has 2 saturated heterocycles. The number of aryl methyl sites for hydroxylation is 1. The number of hydrogen-bond donors (Lipinski definition) is 1. The van der Waals surface area contributed by atoms with Crippen LogP contribution in [0.25, 0.3) is 5.69 Å². The maximum absolute atomic E-state index is 13.2. The number of piperazine rings is 1. The standard InChI is InChI=1S/C22H29N5O4/c1-14-11-25(12-24-14)16-7-6-15(8-19(16)30-5)26-13-27-17(20(26)28)9-23-10-18(27)21(29)31-22(2,3)4/h6-8,11-12,17-18,23H,9-10,13H2,1-5H3. The van der Waals surface area contributed by atoms with Gasteiger partial charge in [-0.15, -0.1) is 0 Å². The van der Waals surface area contributed by atoms with E-state index in [9.17, 15) is 9.59 Å². The van der Waals surface area contributed by atoms with Gasteiger partial charge in [0, 0.05) is 31.0 Å². The lowest BCUT2D eigenvalue weighted by molar-refractivity contribution is -0.162. The normalized spacial score (nSPS) is 21.8. The summed E-state index contributed by atoms with van der Waals surface area (Å²) in [6.07, 6.45) is 3.64. The average Bonchev–Trinajstić information content (AvgIpc) is 3.29. The average molecular weight is 428 g/mol. The fourth-order valence-electron chi connectivity index (χ4n) is 4.05. The van der Waals surface area contributed by atoms with Crippen LogP contribution in [0.5, 0.6) is 5.75 Å². The number of hydrogen-bond acceptors (Lipinski definition) is 7. The van der Waals surface area contributed by atoms with Gasteiger partial charge in [0.05, 0.1) is 31.5 Å². The summed E-state index contributed by atoms with van der Waals surface area (Å²) in [6.45, 7) is 8.72.